The lowest BCUT2D eigenvalue weighted by atomic mass is 10.0. The topological polar surface area (TPSA) is 27.7 Å². The quantitative estimate of drug-likeness (QED) is 0.654. The summed E-state index contributed by atoms with van der Waals surface area (Å²) in [4.78, 5) is 0. The Balaban J connectivity index is 1.76. The van der Waals surface area contributed by atoms with Crippen molar-refractivity contribution in [2.45, 2.75) is 38.6 Å². The van der Waals surface area contributed by atoms with E-state index in [0.29, 0.717) is 30.6 Å². The average molecular weight is 380 g/mol. The van der Waals surface area contributed by atoms with Gasteiger partial charge in [-0.25, -0.2) is 13.2 Å². The standard InChI is InChI=1S/C21H23F3O3/c1-3-9-21(24)12-26-20(27-13-21)15-5-7-16(17(22)11-15)14-6-8-19(25-4-2)18(23)10-14/h5-8,10-11,20H,3-4,9,12-13H2,1-2H3. The van der Waals surface area contributed by atoms with Gasteiger partial charge in [0.05, 0.1) is 19.8 Å². The first kappa shape index (κ1) is 19.7. The van der Waals surface area contributed by atoms with Crippen LogP contribution in [-0.4, -0.2) is 25.5 Å². The Morgan fingerprint density at radius 3 is 2.37 bits per heavy atom. The first-order chi connectivity index (χ1) is 13.0. The molecular weight excluding hydrogens is 357 g/mol. The molecule has 6 heteroatoms. The number of hydrogen-bond donors (Lipinski definition) is 0. The van der Waals surface area contributed by atoms with Crippen molar-refractivity contribution in [2.24, 2.45) is 0 Å². The van der Waals surface area contributed by atoms with Gasteiger partial charge in [0.15, 0.2) is 23.5 Å². The lowest BCUT2D eigenvalue weighted by Gasteiger charge is -2.34. The molecule has 0 saturated carbocycles. The summed E-state index contributed by atoms with van der Waals surface area (Å²) in [5.74, 6) is -0.954. The van der Waals surface area contributed by atoms with Gasteiger partial charge >= 0.3 is 0 Å². The molecule has 0 N–H and O–H groups in total. The first-order valence-electron chi connectivity index (χ1n) is 9.10. The van der Waals surface area contributed by atoms with Gasteiger partial charge in [-0.1, -0.05) is 31.5 Å². The first-order valence-corrected chi connectivity index (χ1v) is 9.10. The SMILES string of the molecule is CCCC1(F)COC(c2ccc(-c3ccc(OCC)c(F)c3)c(F)c2)OC1. The number of rotatable bonds is 6. The van der Waals surface area contributed by atoms with Gasteiger partial charge in [0, 0.05) is 11.1 Å². The summed E-state index contributed by atoms with van der Waals surface area (Å²) >= 11 is 0. The molecule has 2 aromatic carbocycles. The Kier molecular flexibility index (Phi) is 6.07. The van der Waals surface area contributed by atoms with Gasteiger partial charge in [-0.05, 0) is 37.1 Å². The predicted molar refractivity (Wildman–Crippen MR) is 96.4 cm³/mol. The Labute approximate surface area is 157 Å². The molecular formula is C21H23F3O3. The van der Waals surface area contributed by atoms with Gasteiger partial charge in [-0.3, -0.25) is 0 Å². The number of ether oxygens (including phenoxy) is 3. The van der Waals surface area contributed by atoms with Gasteiger partial charge in [0.1, 0.15) is 5.82 Å². The molecule has 0 spiro atoms. The summed E-state index contributed by atoms with van der Waals surface area (Å²) in [5.41, 5.74) is -0.386. The van der Waals surface area contributed by atoms with Gasteiger partial charge in [-0.2, -0.15) is 0 Å². The zero-order chi connectivity index (χ0) is 19.4. The summed E-state index contributed by atoms with van der Waals surface area (Å²) in [5, 5.41) is 0. The average Bonchev–Trinajstić information content (AvgIpc) is 2.64. The van der Waals surface area contributed by atoms with Crippen molar-refractivity contribution < 1.29 is 27.4 Å². The van der Waals surface area contributed by atoms with Crippen LogP contribution in [0.25, 0.3) is 11.1 Å². The Hall–Kier alpha value is -2.05. The molecule has 1 saturated heterocycles. The van der Waals surface area contributed by atoms with Gasteiger partial charge < -0.3 is 14.2 Å². The van der Waals surface area contributed by atoms with Gasteiger partial charge in [0.2, 0.25) is 0 Å². The van der Waals surface area contributed by atoms with Crippen LogP contribution in [0.5, 0.6) is 5.75 Å². The molecule has 0 atom stereocenters. The van der Waals surface area contributed by atoms with E-state index >= 15 is 0 Å². The van der Waals surface area contributed by atoms with Crippen LogP contribution < -0.4 is 4.74 Å². The van der Waals surface area contributed by atoms with Crippen molar-refractivity contribution in [1.29, 1.82) is 0 Å². The van der Waals surface area contributed by atoms with Crippen molar-refractivity contribution in [2.75, 3.05) is 19.8 Å². The van der Waals surface area contributed by atoms with Crippen LogP contribution in [0, 0.1) is 11.6 Å². The molecule has 1 aliphatic rings. The fourth-order valence-corrected chi connectivity index (χ4v) is 3.18. The molecule has 0 aromatic heterocycles. The Morgan fingerprint density at radius 1 is 1.04 bits per heavy atom. The minimum atomic E-state index is -1.50. The smallest absolute Gasteiger partial charge is 0.184 e. The molecule has 3 rings (SSSR count). The minimum Gasteiger partial charge on any atom is -0.491 e. The second kappa shape index (κ2) is 8.31. The van der Waals surface area contributed by atoms with E-state index in [1.165, 1.54) is 24.3 Å². The normalized spacial score (nSPS) is 22.6. The van der Waals surface area contributed by atoms with Gasteiger partial charge in [-0.15, -0.1) is 0 Å². The summed E-state index contributed by atoms with van der Waals surface area (Å²) in [6, 6.07) is 8.77. The number of alkyl halides is 1. The highest BCUT2D eigenvalue weighted by Crippen LogP contribution is 2.34. The molecule has 0 bridgehead atoms. The van der Waals surface area contributed by atoms with Gasteiger partial charge in [0.25, 0.3) is 0 Å². The molecule has 0 radical (unpaired) electrons. The second-order valence-corrected chi connectivity index (χ2v) is 6.67. The third-order valence-corrected chi connectivity index (χ3v) is 4.49. The number of halogens is 3. The van der Waals surface area contributed by atoms with Crippen molar-refractivity contribution >= 4 is 0 Å². The maximum atomic E-state index is 14.6. The monoisotopic (exact) mass is 380 g/mol. The molecule has 0 aliphatic carbocycles. The molecule has 2 aromatic rings. The summed E-state index contributed by atoms with van der Waals surface area (Å²) in [6.07, 6.45) is 0.234. The van der Waals surface area contributed by atoms with Crippen LogP contribution >= 0.6 is 0 Å². The summed E-state index contributed by atoms with van der Waals surface area (Å²) < 4.78 is 59.1. The van der Waals surface area contributed by atoms with Crippen molar-refractivity contribution in [1.82, 2.24) is 0 Å². The molecule has 3 nitrogen and oxygen atoms in total. The third-order valence-electron chi connectivity index (χ3n) is 4.49. The molecule has 1 aliphatic heterocycles. The molecule has 0 unspecified atom stereocenters. The Bertz CT molecular complexity index is 786. The lowest BCUT2D eigenvalue weighted by molar-refractivity contribution is -0.239. The van der Waals surface area contributed by atoms with Crippen LogP contribution in [0.4, 0.5) is 13.2 Å². The minimum absolute atomic E-state index is 0.0843. The second-order valence-electron chi connectivity index (χ2n) is 6.67. The van der Waals surface area contributed by atoms with Crippen LogP contribution in [0.15, 0.2) is 36.4 Å². The van der Waals surface area contributed by atoms with Crippen molar-refractivity contribution in [3.63, 3.8) is 0 Å². The van der Waals surface area contributed by atoms with E-state index in [0.717, 1.165) is 0 Å². The van der Waals surface area contributed by atoms with E-state index in [4.69, 9.17) is 14.2 Å². The molecule has 0 amide bonds. The van der Waals surface area contributed by atoms with E-state index in [9.17, 15) is 13.2 Å². The highest BCUT2D eigenvalue weighted by Gasteiger charge is 2.36. The zero-order valence-electron chi connectivity index (χ0n) is 15.4. The van der Waals surface area contributed by atoms with E-state index in [2.05, 4.69) is 0 Å². The maximum absolute atomic E-state index is 14.6. The molecule has 1 heterocycles. The van der Waals surface area contributed by atoms with Crippen LogP contribution in [-0.2, 0) is 9.47 Å². The van der Waals surface area contributed by atoms with E-state index in [-0.39, 0.29) is 24.5 Å². The summed E-state index contributed by atoms with van der Waals surface area (Å²) in [6.45, 7) is 3.83. The van der Waals surface area contributed by atoms with Crippen molar-refractivity contribution in [3.05, 3.63) is 53.6 Å². The lowest BCUT2D eigenvalue weighted by Crippen LogP contribution is -2.41. The molecule has 146 valence electrons. The van der Waals surface area contributed by atoms with Crippen LogP contribution in [0.3, 0.4) is 0 Å². The fourth-order valence-electron chi connectivity index (χ4n) is 3.18. The number of benzene rings is 2. The number of hydrogen-bond acceptors (Lipinski definition) is 3. The highest BCUT2D eigenvalue weighted by atomic mass is 19.1. The van der Waals surface area contributed by atoms with E-state index < -0.39 is 23.6 Å². The van der Waals surface area contributed by atoms with Crippen molar-refractivity contribution in [3.8, 4) is 16.9 Å². The van der Waals surface area contributed by atoms with E-state index in [1.54, 1.807) is 19.1 Å². The predicted octanol–water partition coefficient (Wildman–Crippen LogP) is 5.58. The largest absolute Gasteiger partial charge is 0.491 e. The highest BCUT2D eigenvalue weighted by molar-refractivity contribution is 5.65. The fraction of sp³-hybridized carbons (Fsp3) is 0.429. The Morgan fingerprint density at radius 2 is 1.78 bits per heavy atom. The summed E-state index contributed by atoms with van der Waals surface area (Å²) in [7, 11) is 0. The third kappa shape index (κ3) is 4.45. The maximum Gasteiger partial charge on any atom is 0.184 e. The van der Waals surface area contributed by atoms with Crippen LogP contribution in [0.2, 0.25) is 0 Å². The molecule has 1 fully saturated rings. The zero-order valence-corrected chi connectivity index (χ0v) is 15.4. The molecule has 27 heavy (non-hydrogen) atoms. The van der Waals surface area contributed by atoms with Crippen LogP contribution in [0.1, 0.15) is 38.5 Å². The van der Waals surface area contributed by atoms with E-state index in [1.807, 2.05) is 6.92 Å².